The zero-order valence-corrected chi connectivity index (χ0v) is 19.9. The zero-order valence-electron chi connectivity index (χ0n) is 19.1. The van der Waals surface area contributed by atoms with Crippen LogP contribution in [-0.2, 0) is 28.2 Å². The SMILES string of the molecule is Cc1ccc(C(Cc2ccccc2)(NS(=O)(=O)c2ccc(F)cc2)c2cccc(C(F)(F)F)c2)nc1. The number of aromatic nitrogens is 1. The van der Waals surface area contributed by atoms with E-state index in [4.69, 9.17) is 0 Å². The fourth-order valence-electron chi connectivity index (χ4n) is 3.97. The van der Waals surface area contributed by atoms with E-state index in [1.165, 1.54) is 18.3 Å². The molecule has 0 radical (unpaired) electrons. The normalized spacial score (nSPS) is 13.8. The van der Waals surface area contributed by atoms with E-state index in [9.17, 15) is 26.0 Å². The van der Waals surface area contributed by atoms with Crippen LogP contribution in [0.3, 0.4) is 0 Å². The van der Waals surface area contributed by atoms with E-state index in [0.717, 1.165) is 42.0 Å². The summed E-state index contributed by atoms with van der Waals surface area (Å²) in [6.07, 6.45) is -3.16. The number of aryl methyl sites for hydroxylation is 1. The van der Waals surface area contributed by atoms with Crippen molar-refractivity contribution in [3.63, 3.8) is 0 Å². The average molecular weight is 515 g/mol. The van der Waals surface area contributed by atoms with Crippen LogP contribution in [0, 0.1) is 12.7 Å². The highest BCUT2D eigenvalue weighted by Crippen LogP contribution is 2.38. The third kappa shape index (κ3) is 5.47. The topological polar surface area (TPSA) is 59.1 Å². The number of benzene rings is 3. The smallest absolute Gasteiger partial charge is 0.259 e. The van der Waals surface area contributed by atoms with Gasteiger partial charge >= 0.3 is 6.18 Å². The van der Waals surface area contributed by atoms with Gasteiger partial charge in [0, 0.05) is 12.6 Å². The minimum atomic E-state index is -4.65. The molecule has 0 aliphatic carbocycles. The largest absolute Gasteiger partial charge is 0.416 e. The first-order valence-corrected chi connectivity index (χ1v) is 12.4. The second-order valence-electron chi connectivity index (χ2n) is 8.43. The van der Waals surface area contributed by atoms with Crippen LogP contribution in [0.25, 0.3) is 0 Å². The van der Waals surface area contributed by atoms with Crippen molar-refractivity contribution in [2.24, 2.45) is 0 Å². The highest BCUT2D eigenvalue weighted by atomic mass is 32.2. The summed E-state index contributed by atoms with van der Waals surface area (Å²) in [5.74, 6) is -0.623. The lowest BCUT2D eigenvalue weighted by molar-refractivity contribution is -0.137. The number of halogens is 4. The number of nitrogens with one attached hydrogen (secondary N) is 1. The summed E-state index contributed by atoms with van der Waals surface area (Å²) in [5.41, 5.74) is -0.920. The van der Waals surface area contributed by atoms with E-state index in [2.05, 4.69) is 9.71 Å². The van der Waals surface area contributed by atoms with Crippen molar-refractivity contribution < 1.29 is 26.0 Å². The van der Waals surface area contributed by atoms with Gasteiger partial charge in [-0.1, -0.05) is 48.5 Å². The first kappa shape index (κ1) is 25.5. The Balaban J connectivity index is 1.99. The van der Waals surface area contributed by atoms with Gasteiger partial charge in [0.05, 0.1) is 16.2 Å². The van der Waals surface area contributed by atoms with Crippen LogP contribution in [0.2, 0.25) is 0 Å². The number of hydrogen-bond acceptors (Lipinski definition) is 3. The number of sulfonamides is 1. The molecule has 1 heterocycles. The van der Waals surface area contributed by atoms with Crippen LogP contribution >= 0.6 is 0 Å². The molecule has 1 N–H and O–H groups in total. The molecule has 0 fully saturated rings. The molecule has 4 rings (SSSR count). The summed E-state index contributed by atoms with van der Waals surface area (Å²) >= 11 is 0. The Morgan fingerprint density at radius 3 is 2.11 bits per heavy atom. The molecule has 0 bridgehead atoms. The fraction of sp³-hybridized carbons (Fsp3) is 0.148. The number of pyridine rings is 1. The summed E-state index contributed by atoms with van der Waals surface area (Å²) in [5, 5.41) is 0. The third-order valence-electron chi connectivity index (χ3n) is 5.78. The maximum atomic E-state index is 13.7. The molecule has 36 heavy (non-hydrogen) atoms. The van der Waals surface area contributed by atoms with E-state index < -0.39 is 33.1 Å². The van der Waals surface area contributed by atoms with Crippen LogP contribution in [0.4, 0.5) is 17.6 Å². The Morgan fingerprint density at radius 2 is 1.50 bits per heavy atom. The molecule has 0 amide bonds. The van der Waals surface area contributed by atoms with Crippen molar-refractivity contribution in [3.05, 3.63) is 131 Å². The Labute approximate surface area is 206 Å². The van der Waals surface area contributed by atoms with Crippen LogP contribution < -0.4 is 4.72 Å². The molecule has 1 aromatic heterocycles. The van der Waals surface area contributed by atoms with Crippen molar-refractivity contribution in [3.8, 4) is 0 Å². The van der Waals surface area contributed by atoms with Crippen LogP contribution in [-0.4, -0.2) is 13.4 Å². The molecule has 1 unspecified atom stereocenters. The zero-order chi connectivity index (χ0) is 26.0. The van der Waals surface area contributed by atoms with E-state index in [0.29, 0.717) is 5.56 Å². The molecule has 1 atom stereocenters. The minimum Gasteiger partial charge on any atom is -0.259 e. The Kier molecular flexibility index (Phi) is 6.97. The lowest BCUT2D eigenvalue weighted by Crippen LogP contribution is -2.49. The monoisotopic (exact) mass is 514 g/mol. The van der Waals surface area contributed by atoms with Gasteiger partial charge in [0.25, 0.3) is 0 Å². The molecule has 9 heteroatoms. The van der Waals surface area contributed by atoms with Gasteiger partial charge in [-0.2, -0.15) is 17.9 Å². The molecule has 0 saturated heterocycles. The van der Waals surface area contributed by atoms with E-state index in [1.807, 2.05) is 0 Å². The lowest BCUT2D eigenvalue weighted by Gasteiger charge is -2.35. The minimum absolute atomic E-state index is 0.0361. The predicted molar refractivity (Wildman–Crippen MR) is 128 cm³/mol. The van der Waals surface area contributed by atoms with E-state index >= 15 is 0 Å². The molecular weight excluding hydrogens is 492 g/mol. The van der Waals surface area contributed by atoms with Gasteiger partial charge in [-0.15, -0.1) is 0 Å². The quantitative estimate of drug-likeness (QED) is 0.307. The summed E-state index contributed by atoms with van der Waals surface area (Å²) in [7, 11) is -4.35. The summed E-state index contributed by atoms with van der Waals surface area (Å²) in [4.78, 5) is 4.20. The Hall–Kier alpha value is -3.56. The maximum Gasteiger partial charge on any atom is 0.416 e. The summed E-state index contributed by atoms with van der Waals surface area (Å²) in [6, 6.07) is 20.8. The Morgan fingerprint density at radius 1 is 0.833 bits per heavy atom. The van der Waals surface area contributed by atoms with Crippen LogP contribution in [0.1, 0.15) is 27.9 Å². The molecular formula is C27H22F4N2O2S. The number of hydrogen-bond donors (Lipinski definition) is 1. The average Bonchev–Trinajstić information content (AvgIpc) is 2.84. The van der Waals surface area contributed by atoms with Crippen molar-refractivity contribution in [1.29, 1.82) is 0 Å². The maximum absolute atomic E-state index is 13.7. The standard InChI is InChI=1S/C27H22F4N2O2S/c1-19-10-15-25(32-18-19)26(17-20-6-3-2-4-7-20,21-8-5-9-22(16-21)27(29,30)31)33-36(34,35)24-13-11-23(28)12-14-24/h2-16,18,33H,17H2,1H3. The van der Waals surface area contributed by atoms with Crippen molar-refractivity contribution >= 4 is 10.0 Å². The summed E-state index contributed by atoms with van der Waals surface area (Å²) < 4.78 is 84.3. The molecule has 4 aromatic rings. The van der Waals surface area contributed by atoms with Crippen LogP contribution in [0.5, 0.6) is 0 Å². The van der Waals surface area contributed by atoms with Gasteiger partial charge in [-0.3, -0.25) is 4.98 Å². The van der Waals surface area contributed by atoms with E-state index in [1.54, 1.807) is 49.4 Å². The van der Waals surface area contributed by atoms with Gasteiger partial charge in [0.15, 0.2) is 0 Å². The van der Waals surface area contributed by atoms with Gasteiger partial charge < -0.3 is 0 Å². The van der Waals surface area contributed by atoms with E-state index in [-0.39, 0.29) is 22.6 Å². The van der Waals surface area contributed by atoms with Crippen LogP contribution in [0.15, 0.2) is 102 Å². The van der Waals surface area contributed by atoms with Crippen molar-refractivity contribution in [2.75, 3.05) is 0 Å². The molecule has 4 nitrogen and oxygen atoms in total. The van der Waals surface area contributed by atoms with Gasteiger partial charge in [0.1, 0.15) is 11.4 Å². The number of nitrogens with zero attached hydrogens (tertiary/aromatic N) is 1. The Bertz CT molecular complexity index is 1440. The molecule has 0 aliphatic heterocycles. The second-order valence-corrected chi connectivity index (χ2v) is 10.1. The first-order chi connectivity index (χ1) is 17.0. The second kappa shape index (κ2) is 9.83. The molecule has 0 aliphatic rings. The van der Waals surface area contributed by atoms with Gasteiger partial charge in [0.2, 0.25) is 10.0 Å². The van der Waals surface area contributed by atoms with Crippen molar-refractivity contribution in [1.82, 2.24) is 9.71 Å². The predicted octanol–water partition coefficient (Wildman–Crippen LogP) is 6.01. The molecule has 186 valence electrons. The fourth-order valence-corrected chi connectivity index (χ4v) is 5.34. The first-order valence-electron chi connectivity index (χ1n) is 10.9. The number of rotatable bonds is 7. The van der Waals surface area contributed by atoms with Crippen molar-refractivity contribution in [2.45, 2.75) is 30.0 Å². The molecule has 3 aromatic carbocycles. The highest BCUT2D eigenvalue weighted by molar-refractivity contribution is 7.89. The van der Waals surface area contributed by atoms with Gasteiger partial charge in [-0.25, -0.2) is 12.8 Å². The third-order valence-corrected chi connectivity index (χ3v) is 7.29. The molecule has 0 spiro atoms. The molecule has 0 saturated carbocycles. The lowest BCUT2D eigenvalue weighted by atomic mass is 9.81. The highest BCUT2D eigenvalue weighted by Gasteiger charge is 2.42. The van der Waals surface area contributed by atoms with Gasteiger partial charge in [-0.05, 0) is 66.1 Å². The number of alkyl halides is 3. The summed E-state index contributed by atoms with van der Waals surface area (Å²) in [6.45, 7) is 1.79.